The average Bonchev–Trinajstić information content (AvgIpc) is 3.27. The van der Waals surface area contributed by atoms with E-state index in [1.165, 1.54) is 12.8 Å². The number of para-hydroxylation sites is 1. The molecule has 0 radical (unpaired) electrons. The number of thiocarbonyl (C=S) groups is 1. The summed E-state index contributed by atoms with van der Waals surface area (Å²) in [4.78, 5) is 7.70. The van der Waals surface area contributed by atoms with E-state index in [4.69, 9.17) is 22.9 Å². The van der Waals surface area contributed by atoms with Gasteiger partial charge in [-0.1, -0.05) is 44.3 Å². The summed E-state index contributed by atoms with van der Waals surface area (Å²) in [6.07, 6.45) is 2.51. The molecule has 21 heavy (non-hydrogen) atoms. The standard InChI is InChI=1S/C17H21N3S/c1-11(2)10-20(12-7-8-12)16-9-14(17(18)21)13-5-3-4-6-15(13)19-16/h3-6,9,11-12H,7-8,10H2,1-2H3,(H2,18,21). The number of aromatic nitrogens is 1. The maximum Gasteiger partial charge on any atom is 0.130 e. The van der Waals surface area contributed by atoms with E-state index in [1.54, 1.807) is 0 Å². The summed E-state index contributed by atoms with van der Waals surface area (Å²) in [7, 11) is 0. The quantitative estimate of drug-likeness (QED) is 0.858. The molecule has 0 atom stereocenters. The lowest BCUT2D eigenvalue weighted by Gasteiger charge is -2.26. The molecule has 0 amide bonds. The van der Waals surface area contributed by atoms with E-state index in [1.807, 2.05) is 24.3 Å². The van der Waals surface area contributed by atoms with E-state index < -0.39 is 0 Å². The maximum atomic E-state index is 5.93. The first-order valence-electron chi connectivity index (χ1n) is 7.52. The van der Waals surface area contributed by atoms with Crippen molar-refractivity contribution < 1.29 is 0 Å². The van der Waals surface area contributed by atoms with Crippen LogP contribution in [-0.2, 0) is 0 Å². The number of nitrogens with zero attached hydrogens (tertiary/aromatic N) is 2. The Morgan fingerprint density at radius 1 is 1.38 bits per heavy atom. The van der Waals surface area contributed by atoms with Gasteiger partial charge in [0.25, 0.3) is 0 Å². The molecule has 3 rings (SSSR count). The van der Waals surface area contributed by atoms with Crippen LogP contribution in [0.5, 0.6) is 0 Å². The highest BCUT2D eigenvalue weighted by atomic mass is 32.1. The molecule has 0 unspecified atom stereocenters. The smallest absolute Gasteiger partial charge is 0.130 e. The molecular weight excluding hydrogens is 278 g/mol. The highest BCUT2D eigenvalue weighted by Gasteiger charge is 2.30. The van der Waals surface area contributed by atoms with Crippen LogP contribution in [0, 0.1) is 5.92 Å². The van der Waals surface area contributed by atoms with Crippen molar-refractivity contribution in [2.45, 2.75) is 32.7 Å². The number of benzene rings is 1. The third kappa shape index (κ3) is 3.00. The third-order valence-corrected chi connectivity index (χ3v) is 4.03. The Kier molecular flexibility index (Phi) is 3.81. The fraction of sp³-hybridized carbons (Fsp3) is 0.412. The number of rotatable bonds is 5. The molecule has 1 aliphatic carbocycles. The molecule has 1 saturated carbocycles. The Hall–Kier alpha value is -1.68. The molecule has 1 fully saturated rings. The first-order valence-corrected chi connectivity index (χ1v) is 7.93. The van der Waals surface area contributed by atoms with E-state index in [0.717, 1.165) is 28.8 Å². The maximum absolute atomic E-state index is 5.93. The van der Waals surface area contributed by atoms with Crippen molar-refractivity contribution in [3.8, 4) is 0 Å². The minimum Gasteiger partial charge on any atom is -0.389 e. The van der Waals surface area contributed by atoms with Crippen molar-refractivity contribution in [3.63, 3.8) is 0 Å². The van der Waals surface area contributed by atoms with Crippen molar-refractivity contribution >= 4 is 33.9 Å². The Morgan fingerprint density at radius 2 is 2.10 bits per heavy atom. The number of nitrogens with two attached hydrogens (primary N) is 1. The largest absolute Gasteiger partial charge is 0.389 e. The lowest BCUT2D eigenvalue weighted by molar-refractivity contribution is 0.603. The molecule has 1 aromatic carbocycles. The highest BCUT2D eigenvalue weighted by Crippen LogP contribution is 2.33. The van der Waals surface area contributed by atoms with Gasteiger partial charge in [-0.25, -0.2) is 4.98 Å². The molecule has 110 valence electrons. The first kappa shape index (κ1) is 14.3. The van der Waals surface area contributed by atoms with Crippen molar-refractivity contribution in [1.82, 2.24) is 4.98 Å². The second-order valence-corrected chi connectivity index (χ2v) is 6.63. The number of anilines is 1. The van der Waals surface area contributed by atoms with Crippen LogP contribution in [0.1, 0.15) is 32.3 Å². The molecule has 1 aromatic heterocycles. The second-order valence-electron chi connectivity index (χ2n) is 6.19. The molecular formula is C17H21N3S. The topological polar surface area (TPSA) is 42.1 Å². The van der Waals surface area contributed by atoms with Crippen LogP contribution in [0.25, 0.3) is 10.9 Å². The minimum absolute atomic E-state index is 0.440. The van der Waals surface area contributed by atoms with Gasteiger partial charge in [-0.15, -0.1) is 0 Å². The second kappa shape index (κ2) is 5.60. The van der Waals surface area contributed by atoms with E-state index in [9.17, 15) is 0 Å². The summed E-state index contributed by atoms with van der Waals surface area (Å²) >= 11 is 5.24. The fourth-order valence-electron chi connectivity index (χ4n) is 2.72. The Morgan fingerprint density at radius 3 is 2.71 bits per heavy atom. The van der Waals surface area contributed by atoms with E-state index in [0.29, 0.717) is 16.9 Å². The van der Waals surface area contributed by atoms with Crippen LogP contribution < -0.4 is 10.6 Å². The monoisotopic (exact) mass is 299 g/mol. The van der Waals surface area contributed by atoms with Gasteiger partial charge >= 0.3 is 0 Å². The van der Waals surface area contributed by atoms with Gasteiger partial charge < -0.3 is 10.6 Å². The molecule has 1 heterocycles. The van der Waals surface area contributed by atoms with E-state index in [2.05, 4.69) is 24.8 Å². The number of hydrogen-bond acceptors (Lipinski definition) is 3. The van der Waals surface area contributed by atoms with Crippen molar-refractivity contribution in [1.29, 1.82) is 0 Å². The lowest BCUT2D eigenvalue weighted by Crippen LogP contribution is -2.31. The Bertz CT molecular complexity index is 677. The third-order valence-electron chi connectivity index (χ3n) is 3.81. The molecule has 0 saturated heterocycles. The minimum atomic E-state index is 0.440. The zero-order valence-electron chi connectivity index (χ0n) is 12.5. The summed E-state index contributed by atoms with van der Waals surface area (Å²) in [6.45, 7) is 5.50. The molecule has 3 nitrogen and oxygen atoms in total. The van der Waals surface area contributed by atoms with Crippen LogP contribution in [0.4, 0.5) is 5.82 Å². The molecule has 4 heteroatoms. The number of hydrogen-bond donors (Lipinski definition) is 1. The summed E-state index contributed by atoms with van der Waals surface area (Å²) < 4.78 is 0. The van der Waals surface area contributed by atoms with Gasteiger partial charge in [-0.05, 0) is 30.9 Å². The van der Waals surface area contributed by atoms with E-state index in [-0.39, 0.29) is 0 Å². The number of fused-ring (bicyclic) bond motifs is 1. The van der Waals surface area contributed by atoms with Gasteiger partial charge in [-0.3, -0.25) is 0 Å². The average molecular weight is 299 g/mol. The fourth-order valence-corrected chi connectivity index (χ4v) is 2.89. The first-order chi connectivity index (χ1) is 10.1. The molecule has 0 bridgehead atoms. The van der Waals surface area contributed by atoms with Crippen LogP contribution >= 0.6 is 12.2 Å². The van der Waals surface area contributed by atoms with Crippen molar-refractivity contribution in [3.05, 3.63) is 35.9 Å². The van der Waals surface area contributed by atoms with Crippen LogP contribution in [0.2, 0.25) is 0 Å². The molecule has 0 aliphatic heterocycles. The highest BCUT2D eigenvalue weighted by molar-refractivity contribution is 7.80. The number of pyridine rings is 1. The van der Waals surface area contributed by atoms with Crippen molar-refractivity contribution in [2.24, 2.45) is 11.7 Å². The predicted octanol–water partition coefficient (Wildman–Crippen LogP) is 3.49. The van der Waals surface area contributed by atoms with Crippen LogP contribution in [-0.4, -0.2) is 22.6 Å². The molecule has 2 N–H and O–H groups in total. The molecule has 2 aromatic rings. The SMILES string of the molecule is CC(C)CN(c1cc(C(N)=S)c2ccccc2n1)C1CC1. The zero-order chi connectivity index (χ0) is 15.0. The predicted molar refractivity (Wildman–Crippen MR) is 92.8 cm³/mol. The molecule has 1 aliphatic rings. The van der Waals surface area contributed by atoms with Crippen LogP contribution in [0.15, 0.2) is 30.3 Å². The van der Waals surface area contributed by atoms with E-state index >= 15 is 0 Å². The summed E-state index contributed by atoms with van der Waals surface area (Å²) in [5, 5.41) is 1.04. The van der Waals surface area contributed by atoms with Gasteiger partial charge in [0.05, 0.1) is 5.52 Å². The van der Waals surface area contributed by atoms with Crippen LogP contribution in [0.3, 0.4) is 0 Å². The summed E-state index contributed by atoms with van der Waals surface area (Å²) in [5.41, 5.74) is 7.82. The Labute approximate surface area is 131 Å². The zero-order valence-corrected chi connectivity index (χ0v) is 13.4. The lowest BCUT2D eigenvalue weighted by atomic mass is 10.1. The van der Waals surface area contributed by atoms with Crippen molar-refractivity contribution in [2.75, 3.05) is 11.4 Å². The van der Waals surface area contributed by atoms with Gasteiger partial charge in [0.15, 0.2) is 0 Å². The summed E-state index contributed by atoms with van der Waals surface area (Å²) in [6, 6.07) is 10.8. The molecule has 0 spiro atoms. The summed E-state index contributed by atoms with van der Waals surface area (Å²) in [5.74, 6) is 1.61. The van der Waals surface area contributed by atoms with Gasteiger partial charge in [0.1, 0.15) is 10.8 Å². The Balaban J connectivity index is 2.11. The van der Waals surface area contributed by atoms with Gasteiger partial charge in [0, 0.05) is 23.5 Å². The van der Waals surface area contributed by atoms with Gasteiger partial charge in [-0.2, -0.15) is 0 Å². The van der Waals surface area contributed by atoms with Gasteiger partial charge in [0.2, 0.25) is 0 Å². The normalized spacial score (nSPS) is 14.6.